The molecule has 0 aromatic carbocycles. The van der Waals surface area contributed by atoms with Gasteiger partial charge >= 0.3 is 0 Å². The second kappa shape index (κ2) is 7.26. The summed E-state index contributed by atoms with van der Waals surface area (Å²) in [6.07, 6.45) is 6.27. The minimum atomic E-state index is 0.0215. The van der Waals surface area contributed by atoms with E-state index in [1.54, 1.807) is 23.7 Å². The van der Waals surface area contributed by atoms with E-state index in [-0.39, 0.29) is 5.78 Å². The first-order valence-corrected chi connectivity index (χ1v) is 8.24. The van der Waals surface area contributed by atoms with Gasteiger partial charge in [0.25, 0.3) is 0 Å². The molecule has 0 aliphatic carbocycles. The van der Waals surface area contributed by atoms with Crippen LogP contribution < -0.4 is 5.32 Å². The number of carbonyl (C=O) groups is 1. The first-order valence-electron chi connectivity index (χ1n) is 7.42. The Labute approximate surface area is 134 Å². The summed E-state index contributed by atoms with van der Waals surface area (Å²) in [6.45, 7) is 11.0. The lowest BCUT2D eigenvalue weighted by Crippen LogP contribution is -2.25. The second-order valence-electron chi connectivity index (χ2n) is 4.54. The molecule has 0 radical (unpaired) electrons. The third kappa shape index (κ3) is 3.06. The summed E-state index contributed by atoms with van der Waals surface area (Å²) in [5.41, 5.74) is 1.56. The zero-order chi connectivity index (χ0) is 16.1. The number of thiazole rings is 1. The van der Waals surface area contributed by atoms with Gasteiger partial charge in [0.05, 0.1) is 28.8 Å². The van der Waals surface area contributed by atoms with E-state index in [1.807, 2.05) is 20.0 Å². The fourth-order valence-corrected chi connectivity index (χ4v) is 3.28. The van der Waals surface area contributed by atoms with Gasteiger partial charge < -0.3 is 10.1 Å². The summed E-state index contributed by atoms with van der Waals surface area (Å²) in [6, 6.07) is 0. The van der Waals surface area contributed by atoms with Crippen molar-refractivity contribution in [1.82, 2.24) is 14.9 Å². The molecular weight excluding hydrogens is 298 g/mol. The van der Waals surface area contributed by atoms with Gasteiger partial charge in [-0.05, 0) is 13.3 Å². The van der Waals surface area contributed by atoms with Crippen LogP contribution in [-0.4, -0.2) is 28.5 Å². The maximum Gasteiger partial charge on any atom is 0.195 e. The third-order valence-electron chi connectivity index (χ3n) is 3.14. The number of nitrogens with one attached hydrogen (secondary N) is 1. The van der Waals surface area contributed by atoms with Gasteiger partial charge in [-0.3, -0.25) is 4.79 Å². The second-order valence-corrected chi connectivity index (χ2v) is 5.57. The number of aromatic nitrogens is 2. The number of ether oxygens (including phenoxy) is 1. The monoisotopic (exact) mass is 319 g/mol. The molecule has 1 saturated heterocycles. The average Bonchev–Trinajstić information content (AvgIpc) is 3.11. The SMILES string of the molecule is C=C/C(=C1\NCCCO1)c1cn2ncc(C(C)=O)c2s1.CC. The van der Waals surface area contributed by atoms with Crippen molar-refractivity contribution >= 4 is 27.5 Å². The van der Waals surface area contributed by atoms with Crippen molar-refractivity contribution in [3.8, 4) is 0 Å². The number of carbonyl (C=O) groups excluding carboxylic acids is 1. The fourth-order valence-electron chi connectivity index (χ4n) is 2.13. The molecule has 22 heavy (non-hydrogen) atoms. The smallest absolute Gasteiger partial charge is 0.195 e. The van der Waals surface area contributed by atoms with E-state index in [4.69, 9.17) is 4.74 Å². The van der Waals surface area contributed by atoms with E-state index in [2.05, 4.69) is 17.0 Å². The molecule has 0 saturated carbocycles. The first kappa shape index (κ1) is 16.3. The molecule has 1 aliphatic rings. The minimum absolute atomic E-state index is 0.0215. The van der Waals surface area contributed by atoms with Crippen LogP contribution >= 0.6 is 11.3 Å². The molecule has 0 atom stereocenters. The van der Waals surface area contributed by atoms with E-state index in [1.165, 1.54) is 11.3 Å². The van der Waals surface area contributed by atoms with Crippen molar-refractivity contribution < 1.29 is 9.53 Å². The third-order valence-corrected chi connectivity index (χ3v) is 4.29. The molecule has 0 amide bonds. The van der Waals surface area contributed by atoms with Crippen LogP contribution in [0.25, 0.3) is 10.4 Å². The van der Waals surface area contributed by atoms with Gasteiger partial charge in [-0.2, -0.15) is 5.10 Å². The summed E-state index contributed by atoms with van der Waals surface area (Å²) in [5.74, 6) is 0.772. The topological polar surface area (TPSA) is 55.6 Å². The predicted octanol–water partition coefficient (Wildman–Crippen LogP) is 3.49. The molecule has 2 aromatic rings. The van der Waals surface area contributed by atoms with Crippen LogP contribution in [0.2, 0.25) is 0 Å². The molecule has 0 spiro atoms. The highest BCUT2D eigenvalue weighted by atomic mass is 32.1. The quantitative estimate of drug-likeness (QED) is 0.880. The van der Waals surface area contributed by atoms with Crippen LogP contribution in [0.5, 0.6) is 0 Å². The summed E-state index contributed by atoms with van der Waals surface area (Å²) in [5, 5.41) is 7.45. The molecule has 0 bridgehead atoms. The van der Waals surface area contributed by atoms with Crippen LogP contribution in [0.1, 0.15) is 42.4 Å². The van der Waals surface area contributed by atoms with Gasteiger partial charge in [0.2, 0.25) is 0 Å². The number of fused-ring (bicyclic) bond motifs is 1. The lowest BCUT2D eigenvalue weighted by molar-refractivity contribution is 0.101. The molecule has 3 rings (SSSR count). The summed E-state index contributed by atoms with van der Waals surface area (Å²) in [7, 11) is 0. The highest BCUT2D eigenvalue weighted by molar-refractivity contribution is 7.18. The Morgan fingerprint density at radius 1 is 1.55 bits per heavy atom. The van der Waals surface area contributed by atoms with E-state index in [0.717, 1.165) is 34.1 Å². The largest absolute Gasteiger partial charge is 0.479 e. The minimum Gasteiger partial charge on any atom is -0.479 e. The standard InChI is InChI=1S/C14H15N3O2S.C2H6/c1-3-10(13-15-5-4-6-19-13)12-8-17-14(20-12)11(7-16-17)9(2)18;1-2/h3,7-8,15H,1,4-6H2,2H3;1-2H3/b13-10-;. The van der Waals surface area contributed by atoms with E-state index in [9.17, 15) is 4.79 Å². The Bertz CT molecular complexity index is 704. The Balaban J connectivity index is 0.000000847. The molecule has 1 N–H and O–H groups in total. The molecule has 1 fully saturated rings. The number of ketones is 1. The Morgan fingerprint density at radius 3 is 2.91 bits per heavy atom. The molecular formula is C16H21N3O2S. The zero-order valence-corrected chi connectivity index (χ0v) is 14.0. The number of rotatable bonds is 3. The van der Waals surface area contributed by atoms with Crippen molar-refractivity contribution in [3.63, 3.8) is 0 Å². The maximum atomic E-state index is 11.6. The lowest BCUT2D eigenvalue weighted by Gasteiger charge is -2.20. The van der Waals surface area contributed by atoms with Gasteiger partial charge in [-0.1, -0.05) is 26.5 Å². The van der Waals surface area contributed by atoms with Crippen molar-refractivity contribution in [2.75, 3.05) is 13.2 Å². The van der Waals surface area contributed by atoms with Crippen LogP contribution in [-0.2, 0) is 4.74 Å². The fraction of sp³-hybridized carbons (Fsp3) is 0.375. The number of hydrogen-bond donors (Lipinski definition) is 1. The maximum absolute atomic E-state index is 11.6. The molecule has 6 heteroatoms. The zero-order valence-electron chi connectivity index (χ0n) is 13.2. The van der Waals surface area contributed by atoms with E-state index >= 15 is 0 Å². The van der Waals surface area contributed by atoms with Crippen LogP contribution in [0, 0.1) is 0 Å². The summed E-state index contributed by atoms with van der Waals surface area (Å²) >= 11 is 1.52. The number of Topliss-reactive ketones (excluding diaryl/α,β-unsaturated/α-hetero) is 1. The Hall–Kier alpha value is -2.08. The van der Waals surface area contributed by atoms with Crippen molar-refractivity contribution in [1.29, 1.82) is 0 Å². The van der Waals surface area contributed by atoms with Crippen molar-refractivity contribution in [2.45, 2.75) is 27.2 Å². The predicted molar refractivity (Wildman–Crippen MR) is 90.1 cm³/mol. The highest BCUT2D eigenvalue weighted by Crippen LogP contribution is 2.30. The van der Waals surface area contributed by atoms with Crippen molar-refractivity contribution in [2.24, 2.45) is 0 Å². The van der Waals surface area contributed by atoms with E-state index < -0.39 is 0 Å². The van der Waals surface area contributed by atoms with Crippen LogP contribution in [0.15, 0.2) is 30.9 Å². The number of hydrogen-bond acceptors (Lipinski definition) is 5. The van der Waals surface area contributed by atoms with Crippen LogP contribution in [0.4, 0.5) is 0 Å². The van der Waals surface area contributed by atoms with Gasteiger partial charge in [0, 0.05) is 12.7 Å². The summed E-state index contributed by atoms with van der Waals surface area (Å²) < 4.78 is 7.37. The van der Waals surface area contributed by atoms with Gasteiger partial charge in [0.15, 0.2) is 11.7 Å². The molecule has 118 valence electrons. The van der Waals surface area contributed by atoms with Gasteiger partial charge in [-0.15, -0.1) is 11.3 Å². The highest BCUT2D eigenvalue weighted by Gasteiger charge is 2.17. The normalized spacial score (nSPS) is 16.1. The van der Waals surface area contributed by atoms with Crippen LogP contribution in [0.3, 0.4) is 0 Å². The summed E-state index contributed by atoms with van der Waals surface area (Å²) in [4.78, 5) is 13.4. The van der Waals surface area contributed by atoms with Gasteiger partial charge in [0.1, 0.15) is 4.83 Å². The number of nitrogens with zero attached hydrogens (tertiary/aromatic N) is 2. The van der Waals surface area contributed by atoms with Crippen molar-refractivity contribution in [3.05, 3.63) is 41.4 Å². The first-order chi connectivity index (χ1) is 10.7. The Kier molecular flexibility index (Phi) is 5.38. The Morgan fingerprint density at radius 2 is 2.32 bits per heavy atom. The molecule has 5 nitrogen and oxygen atoms in total. The van der Waals surface area contributed by atoms with Gasteiger partial charge in [-0.25, -0.2) is 4.52 Å². The molecule has 3 heterocycles. The molecule has 2 aromatic heterocycles. The lowest BCUT2D eigenvalue weighted by atomic mass is 10.2. The molecule has 0 unspecified atom stereocenters. The number of allylic oxidation sites excluding steroid dienone is 2. The molecule has 1 aliphatic heterocycles. The average molecular weight is 319 g/mol. The van der Waals surface area contributed by atoms with E-state index in [0.29, 0.717) is 12.2 Å².